The number of hydrogen-bond donors (Lipinski definition) is 1. The van der Waals surface area contributed by atoms with Gasteiger partial charge in [-0.15, -0.1) is 0 Å². The Morgan fingerprint density at radius 2 is 2.12 bits per heavy atom. The summed E-state index contributed by atoms with van der Waals surface area (Å²) in [5, 5.41) is 7.28. The van der Waals surface area contributed by atoms with Crippen LogP contribution in [0.15, 0.2) is 55.0 Å². The zero-order valence-corrected chi connectivity index (χ0v) is 14.2. The summed E-state index contributed by atoms with van der Waals surface area (Å²) in [4.78, 5) is 18.8. The average molecular weight is 350 g/mol. The molecule has 2 aromatic heterocycles. The largest absolute Gasteiger partial charge is 0.334 e. The predicted molar refractivity (Wildman–Crippen MR) is 95.6 cm³/mol. The lowest BCUT2D eigenvalue weighted by atomic mass is 10.0. The second-order valence-corrected chi connectivity index (χ2v) is 6.49. The number of nitrogens with one attached hydrogen (secondary N) is 1. The number of aromatic nitrogens is 3. The number of pyridine rings is 1. The number of aromatic amines is 1. The van der Waals surface area contributed by atoms with Gasteiger partial charge in [-0.05, 0) is 48.2 Å². The minimum atomic E-state index is -0.318. The molecular formula is C20H19FN4O. The molecule has 0 bridgehead atoms. The highest BCUT2D eigenvalue weighted by Crippen LogP contribution is 2.36. The van der Waals surface area contributed by atoms with E-state index in [1.54, 1.807) is 30.7 Å². The van der Waals surface area contributed by atoms with Crippen LogP contribution in [0.2, 0.25) is 0 Å². The van der Waals surface area contributed by atoms with Gasteiger partial charge in [-0.1, -0.05) is 12.1 Å². The summed E-state index contributed by atoms with van der Waals surface area (Å²) >= 11 is 0. The fraction of sp³-hybridized carbons (Fsp3) is 0.250. The van der Waals surface area contributed by atoms with Crippen LogP contribution in [0.5, 0.6) is 0 Å². The van der Waals surface area contributed by atoms with E-state index in [9.17, 15) is 9.18 Å². The van der Waals surface area contributed by atoms with Gasteiger partial charge in [-0.3, -0.25) is 14.9 Å². The quantitative estimate of drug-likeness (QED) is 0.783. The summed E-state index contributed by atoms with van der Waals surface area (Å²) in [6.45, 7) is 0.702. The molecule has 6 heteroatoms. The molecule has 1 aromatic carbocycles. The first-order valence-electron chi connectivity index (χ1n) is 8.70. The zero-order valence-electron chi connectivity index (χ0n) is 14.2. The van der Waals surface area contributed by atoms with Crippen LogP contribution in [0.3, 0.4) is 0 Å². The van der Waals surface area contributed by atoms with E-state index < -0.39 is 0 Å². The first-order valence-corrected chi connectivity index (χ1v) is 8.70. The molecule has 0 radical (unpaired) electrons. The third kappa shape index (κ3) is 3.22. The maximum atomic E-state index is 13.4. The number of likely N-dealkylation sites (tertiary alicyclic amines) is 1. The number of carbonyl (C=O) groups excluding carboxylic acids is 1. The molecule has 1 aliphatic rings. The lowest BCUT2D eigenvalue weighted by molar-refractivity contribution is -0.131. The first-order chi connectivity index (χ1) is 12.7. The van der Waals surface area contributed by atoms with Crippen LogP contribution in [0, 0.1) is 5.82 Å². The van der Waals surface area contributed by atoms with Crippen molar-refractivity contribution in [3.05, 3.63) is 72.1 Å². The van der Waals surface area contributed by atoms with E-state index in [1.807, 2.05) is 17.0 Å². The molecule has 4 rings (SSSR count). The summed E-state index contributed by atoms with van der Waals surface area (Å²) in [7, 11) is 0. The maximum absolute atomic E-state index is 13.4. The Bertz CT molecular complexity index is 909. The van der Waals surface area contributed by atoms with Gasteiger partial charge in [0.2, 0.25) is 5.91 Å². The Morgan fingerprint density at radius 1 is 1.27 bits per heavy atom. The third-order valence-corrected chi connectivity index (χ3v) is 4.81. The molecule has 1 saturated heterocycles. The van der Waals surface area contributed by atoms with Gasteiger partial charge in [0, 0.05) is 24.5 Å². The highest BCUT2D eigenvalue weighted by molar-refractivity contribution is 5.80. The van der Waals surface area contributed by atoms with Crippen LogP contribution in [-0.4, -0.2) is 32.5 Å². The number of carbonyl (C=O) groups is 1. The van der Waals surface area contributed by atoms with Gasteiger partial charge in [0.25, 0.3) is 0 Å². The van der Waals surface area contributed by atoms with E-state index in [2.05, 4.69) is 15.2 Å². The number of benzene rings is 1. The Kier molecular flexibility index (Phi) is 4.48. The Labute approximate surface area is 150 Å². The molecule has 0 spiro atoms. The van der Waals surface area contributed by atoms with Crippen molar-refractivity contribution in [3.8, 4) is 11.1 Å². The van der Waals surface area contributed by atoms with Gasteiger partial charge in [-0.2, -0.15) is 5.10 Å². The van der Waals surface area contributed by atoms with E-state index in [0.717, 1.165) is 29.7 Å². The van der Waals surface area contributed by atoms with Crippen molar-refractivity contribution in [1.29, 1.82) is 0 Å². The van der Waals surface area contributed by atoms with E-state index in [4.69, 9.17) is 0 Å². The van der Waals surface area contributed by atoms with Crippen molar-refractivity contribution in [2.24, 2.45) is 0 Å². The smallest absolute Gasteiger partial charge is 0.227 e. The van der Waals surface area contributed by atoms with E-state index in [0.29, 0.717) is 12.1 Å². The highest BCUT2D eigenvalue weighted by Gasteiger charge is 2.32. The Hall–Kier alpha value is -3.02. The van der Waals surface area contributed by atoms with Gasteiger partial charge in [0.15, 0.2) is 0 Å². The molecule has 1 aliphatic heterocycles. The topological polar surface area (TPSA) is 61.9 Å². The Balaban J connectivity index is 1.58. The number of halogens is 1. The molecule has 0 aliphatic carbocycles. The molecule has 3 aromatic rings. The molecule has 1 atom stereocenters. The summed E-state index contributed by atoms with van der Waals surface area (Å²) in [6, 6.07) is 10.0. The highest BCUT2D eigenvalue weighted by atomic mass is 19.1. The van der Waals surface area contributed by atoms with E-state index in [-0.39, 0.29) is 24.2 Å². The minimum Gasteiger partial charge on any atom is -0.334 e. The second kappa shape index (κ2) is 7.07. The van der Waals surface area contributed by atoms with Crippen LogP contribution < -0.4 is 0 Å². The molecule has 26 heavy (non-hydrogen) atoms. The predicted octanol–water partition coefficient (Wildman–Crippen LogP) is 3.52. The van der Waals surface area contributed by atoms with Gasteiger partial charge in [0.05, 0.1) is 24.4 Å². The van der Waals surface area contributed by atoms with Crippen LogP contribution in [-0.2, 0) is 11.2 Å². The first kappa shape index (κ1) is 16.4. The number of hydrogen-bond acceptors (Lipinski definition) is 3. The van der Waals surface area contributed by atoms with Gasteiger partial charge >= 0.3 is 0 Å². The summed E-state index contributed by atoms with van der Waals surface area (Å²) in [5.41, 5.74) is 3.65. The van der Waals surface area contributed by atoms with Gasteiger partial charge < -0.3 is 4.90 Å². The molecule has 132 valence electrons. The van der Waals surface area contributed by atoms with Gasteiger partial charge in [-0.25, -0.2) is 4.39 Å². The van der Waals surface area contributed by atoms with Crippen LogP contribution >= 0.6 is 0 Å². The number of H-pyrrole nitrogens is 1. The van der Waals surface area contributed by atoms with Crippen LogP contribution in [0.1, 0.15) is 30.1 Å². The van der Waals surface area contributed by atoms with Crippen molar-refractivity contribution in [1.82, 2.24) is 20.1 Å². The average Bonchev–Trinajstić information content (AvgIpc) is 3.31. The summed E-state index contributed by atoms with van der Waals surface area (Å²) < 4.78 is 13.4. The molecule has 3 heterocycles. The second-order valence-electron chi connectivity index (χ2n) is 6.49. The molecule has 1 fully saturated rings. The molecule has 0 saturated carbocycles. The number of rotatable bonds is 4. The molecule has 1 amide bonds. The molecule has 1 N–H and O–H groups in total. The van der Waals surface area contributed by atoms with Gasteiger partial charge in [0.1, 0.15) is 5.82 Å². The van der Waals surface area contributed by atoms with Crippen molar-refractivity contribution in [2.45, 2.75) is 25.3 Å². The fourth-order valence-corrected chi connectivity index (χ4v) is 3.60. The number of nitrogens with zero attached hydrogens (tertiary/aromatic N) is 3. The minimum absolute atomic E-state index is 0.00776. The monoisotopic (exact) mass is 350 g/mol. The van der Waals surface area contributed by atoms with Crippen molar-refractivity contribution in [3.63, 3.8) is 0 Å². The molecular weight excluding hydrogens is 331 g/mol. The standard InChI is InChI=1S/C20H19FN4O/c21-16-4-1-3-14(11-16)12-19(26)25-10-2-5-18(25)20-17(13-23-24-20)15-6-8-22-9-7-15/h1,3-4,6-9,11,13,18H,2,5,10,12H2,(H,23,24)/t18-/m1/s1. The van der Waals surface area contributed by atoms with E-state index in [1.165, 1.54) is 12.1 Å². The fourth-order valence-electron chi connectivity index (χ4n) is 3.60. The third-order valence-electron chi connectivity index (χ3n) is 4.81. The summed E-state index contributed by atoms with van der Waals surface area (Å²) in [6.07, 6.45) is 7.30. The molecule has 5 nitrogen and oxygen atoms in total. The van der Waals surface area contributed by atoms with E-state index >= 15 is 0 Å². The lowest BCUT2D eigenvalue weighted by Crippen LogP contribution is -2.32. The van der Waals surface area contributed by atoms with Crippen molar-refractivity contribution in [2.75, 3.05) is 6.54 Å². The SMILES string of the molecule is O=C(Cc1cccc(F)c1)N1CCC[C@@H]1c1[nH]ncc1-c1ccncc1. The zero-order chi connectivity index (χ0) is 17.9. The molecule has 0 unspecified atom stereocenters. The normalized spacial score (nSPS) is 16.8. The van der Waals surface area contributed by atoms with Crippen LogP contribution in [0.4, 0.5) is 4.39 Å². The van der Waals surface area contributed by atoms with Crippen molar-refractivity contribution < 1.29 is 9.18 Å². The Morgan fingerprint density at radius 3 is 2.92 bits per heavy atom. The summed E-state index contributed by atoms with van der Waals surface area (Å²) in [5.74, 6) is -0.310. The van der Waals surface area contributed by atoms with Crippen molar-refractivity contribution >= 4 is 5.91 Å². The lowest BCUT2D eigenvalue weighted by Gasteiger charge is -2.25. The number of amides is 1. The maximum Gasteiger partial charge on any atom is 0.227 e. The van der Waals surface area contributed by atoms with Crippen LogP contribution in [0.25, 0.3) is 11.1 Å².